The summed E-state index contributed by atoms with van der Waals surface area (Å²) < 4.78 is 19.9. The molecule has 4 atom stereocenters. The van der Waals surface area contributed by atoms with E-state index in [2.05, 4.69) is 25.4 Å². The number of halogens is 2. The molecular weight excluding hydrogens is 378 g/mol. The molecule has 1 aromatic heterocycles. The van der Waals surface area contributed by atoms with Crippen molar-refractivity contribution < 1.29 is 18.9 Å². The highest BCUT2D eigenvalue weighted by Gasteiger charge is 2.55. The van der Waals surface area contributed by atoms with Crippen molar-refractivity contribution in [3.8, 4) is 0 Å². The molecule has 0 spiro atoms. The second kappa shape index (κ2) is 6.05. The van der Waals surface area contributed by atoms with E-state index in [1.807, 2.05) is 0 Å². The first-order chi connectivity index (χ1) is 9.37. The predicted octanol–water partition coefficient (Wildman–Crippen LogP) is 0.348. The van der Waals surface area contributed by atoms with Gasteiger partial charge in [-0.3, -0.25) is 18.9 Å². The summed E-state index contributed by atoms with van der Waals surface area (Å²) in [6, 6.07) is 1.12. The zero-order valence-corrected chi connectivity index (χ0v) is 13.0. The highest BCUT2D eigenvalue weighted by molar-refractivity contribution is 9.10. The molecule has 11 heteroatoms. The van der Waals surface area contributed by atoms with E-state index in [-0.39, 0.29) is 6.61 Å². The van der Waals surface area contributed by atoms with Gasteiger partial charge in [0, 0.05) is 12.3 Å². The maximum atomic E-state index is 11.7. The van der Waals surface area contributed by atoms with Crippen molar-refractivity contribution in [3.63, 3.8) is 0 Å². The fourth-order valence-corrected chi connectivity index (χ4v) is 2.95. The standard InChI is InChI=1S/C9H9BrClN2O6P/c10-9(11)6(15)4(3-18-20-17)19-7(9)13-2-1-5(14)12-8(13)16/h1-2,4,6-7,15H,3H2,(H,12,14,16)/t4-,6-,7-,9+/m1/s1. The minimum Gasteiger partial charge on any atom is -0.387 e. The van der Waals surface area contributed by atoms with Gasteiger partial charge in [0.05, 0.1) is 6.61 Å². The van der Waals surface area contributed by atoms with Crippen molar-refractivity contribution in [1.29, 1.82) is 0 Å². The fraction of sp³-hybridized carbons (Fsp3) is 0.556. The third-order valence-electron chi connectivity index (χ3n) is 2.77. The quantitative estimate of drug-likeness (QED) is 0.570. The van der Waals surface area contributed by atoms with Crippen molar-refractivity contribution in [3.05, 3.63) is 33.1 Å². The number of nitrogens with zero attached hydrogens (tertiary/aromatic N) is 1. The largest absolute Gasteiger partial charge is 0.387 e. The third-order valence-corrected chi connectivity index (χ3v) is 4.30. The molecule has 1 aromatic rings. The minimum absolute atomic E-state index is 0.180. The van der Waals surface area contributed by atoms with Gasteiger partial charge in [-0.1, -0.05) is 27.5 Å². The summed E-state index contributed by atoms with van der Waals surface area (Å²) >= 11 is 9.26. The molecule has 2 N–H and O–H groups in total. The predicted molar refractivity (Wildman–Crippen MR) is 72.3 cm³/mol. The van der Waals surface area contributed by atoms with Crippen LogP contribution >= 0.6 is 36.2 Å². The van der Waals surface area contributed by atoms with Crippen molar-refractivity contribution in [2.75, 3.05) is 6.61 Å². The first-order valence-electron chi connectivity index (χ1n) is 5.35. The first kappa shape index (κ1) is 15.8. The number of hydrogen-bond acceptors (Lipinski definition) is 6. The normalized spacial score (nSPS) is 33.6. The van der Waals surface area contributed by atoms with Gasteiger partial charge in [-0.05, 0) is 0 Å². The smallest absolute Gasteiger partial charge is 0.330 e. The van der Waals surface area contributed by atoms with Crippen LogP contribution in [0.5, 0.6) is 0 Å². The Morgan fingerprint density at radius 3 is 2.95 bits per heavy atom. The average Bonchev–Trinajstić information content (AvgIpc) is 2.60. The molecule has 0 amide bonds. The molecule has 0 unspecified atom stereocenters. The van der Waals surface area contributed by atoms with Crippen LogP contribution < -0.4 is 11.2 Å². The summed E-state index contributed by atoms with van der Waals surface area (Å²) in [6.45, 7) is -0.180. The summed E-state index contributed by atoms with van der Waals surface area (Å²) in [4.78, 5) is 24.8. The lowest BCUT2D eigenvalue weighted by Crippen LogP contribution is -2.40. The van der Waals surface area contributed by atoms with Crippen LogP contribution in [0.1, 0.15) is 6.23 Å². The monoisotopic (exact) mass is 386 g/mol. The number of aromatic nitrogens is 2. The van der Waals surface area contributed by atoms with Crippen LogP contribution in [0.15, 0.2) is 21.9 Å². The van der Waals surface area contributed by atoms with Crippen LogP contribution in [-0.2, 0) is 13.8 Å². The van der Waals surface area contributed by atoms with Crippen LogP contribution in [-0.4, -0.2) is 37.3 Å². The minimum atomic E-state index is -1.50. The van der Waals surface area contributed by atoms with Crippen LogP contribution in [0.25, 0.3) is 0 Å². The molecule has 110 valence electrons. The van der Waals surface area contributed by atoms with Gasteiger partial charge < -0.3 is 9.84 Å². The zero-order chi connectivity index (χ0) is 14.9. The lowest BCUT2D eigenvalue weighted by atomic mass is 10.2. The lowest BCUT2D eigenvalue weighted by molar-refractivity contribution is -0.0392. The summed E-state index contributed by atoms with van der Waals surface area (Å²) in [5.74, 6) is 0. The van der Waals surface area contributed by atoms with Gasteiger partial charge >= 0.3 is 14.4 Å². The molecule has 1 fully saturated rings. The Bertz CT molecular complexity index is 619. The van der Waals surface area contributed by atoms with Crippen LogP contribution in [0, 0.1) is 0 Å². The Labute approximate surface area is 127 Å². The third kappa shape index (κ3) is 2.88. The zero-order valence-electron chi connectivity index (χ0n) is 9.73. The van der Waals surface area contributed by atoms with Crippen LogP contribution in [0.2, 0.25) is 0 Å². The van der Waals surface area contributed by atoms with Crippen molar-refractivity contribution in [2.45, 2.75) is 22.2 Å². The van der Waals surface area contributed by atoms with Crippen molar-refractivity contribution in [1.82, 2.24) is 9.55 Å². The number of ether oxygens (including phenoxy) is 1. The molecule has 0 radical (unpaired) electrons. The highest BCUT2D eigenvalue weighted by Crippen LogP contribution is 2.47. The van der Waals surface area contributed by atoms with Crippen molar-refractivity contribution >= 4 is 36.2 Å². The van der Waals surface area contributed by atoms with Gasteiger partial charge in [-0.25, -0.2) is 9.36 Å². The summed E-state index contributed by atoms with van der Waals surface area (Å²) in [5, 5.41) is 10.0. The molecule has 1 aliphatic rings. The number of H-pyrrole nitrogens is 1. The Kier molecular flexibility index (Phi) is 4.78. The molecule has 0 saturated carbocycles. The van der Waals surface area contributed by atoms with Crippen LogP contribution in [0.3, 0.4) is 0 Å². The Hall–Kier alpha value is -0.570. The Morgan fingerprint density at radius 1 is 1.65 bits per heavy atom. The maximum absolute atomic E-state index is 11.7. The second-order valence-electron chi connectivity index (χ2n) is 4.03. The van der Waals surface area contributed by atoms with E-state index < -0.39 is 42.2 Å². The number of nitrogens with one attached hydrogen (secondary N) is 1. The van der Waals surface area contributed by atoms with E-state index >= 15 is 0 Å². The molecule has 0 aliphatic carbocycles. The maximum Gasteiger partial charge on any atom is 0.330 e. The number of hydrogen-bond donors (Lipinski definition) is 2. The highest BCUT2D eigenvalue weighted by atomic mass is 79.9. The average molecular weight is 388 g/mol. The topological polar surface area (TPSA) is 111 Å². The van der Waals surface area contributed by atoms with Gasteiger partial charge in [0.2, 0.25) is 0 Å². The van der Waals surface area contributed by atoms with Gasteiger partial charge in [0.1, 0.15) is 12.2 Å². The molecule has 1 aliphatic heterocycles. The molecule has 8 nitrogen and oxygen atoms in total. The Morgan fingerprint density at radius 2 is 2.35 bits per heavy atom. The van der Waals surface area contributed by atoms with Crippen molar-refractivity contribution in [2.24, 2.45) is 0 Å². The molecular formula is C9H9BrClN2O6P. The van der Waals surface area contributed by atoms with E-state index in [9.17, 15) is 19.3 Å². The molecule has 0 aromatic carbocycles. The van der Waals surface area contributed by atoms with E-state index in [1.165, 1.54) is 6.20 Å². The van der Waals surface area contributed by atoms with E-state index in [1.54, 1.807) is 0 Å². The summed E-state index contributed by atoms with van der Waals surface area (Å²) in [5.41, 5.74) is -1.30. The van der Waals surface area contributed by atoms with E-state index in [4.69, 9.17) is 16.3 Å². The number of rotatable bonds is 4. The van der Waals surface area contributed by atoms with Gasteiger partial charge in [-0.15, -0.1) is 0 Å². The first-order valence-corrected chi connectivity index (χ1v) is 7.25. The van der Waals surface area contributed by atoms with Gasteiger partial charge in [0.25, 0.3) is 5.56 Å². The number of aliphatic hydroxyl groups is 1. The second-order valence-corrected chi connectivity index (χ2v) is 6.84. The van der Waals surface area contributed by atoms with Gasteiger partial charge in [0.15, 0.2) is 10.0 Å². The Balaban J connectivity index is 2.34. The SMILES string of the molecule is O=POC[C@H]1O[C@@H](n2ccc(=O)[nH]c2=O)[C@](Cl)(Br)[C@@H]1O. The molecule has 2 rings (SSSR count). The van der Waals surface area contributed by atoms with E-state index in [0.717, 1.165) is 10.6 Å². The number of alkyl halides is 2. The summed E-state index contributed by atoms with van der Waals surface area (Å²) in [7, 11) is -0.564. The molecule has 20 heavy (non-hydrogen) atoms. The summed E-state index contributed by atoms with van der Waals surface area (Å²) in [6.07, 6.45) is -2.00. The molecule has 0 bridgehead atoms. The molecule has 2 heterocycles. The van der Waals surface area contributed by atoms with Gasteiger partial charge in [-0.2, -0.15) is 0 Å². The fourth-order valence-electron chi connectivity index (χ4n) is 1.82. The van der Waals surface area contributed by atoms with Crippen LogP contribution in [0.4, 0.5) is 0 Å². The molecule has 1 saturated heterocycles. The number of aromatic amines is 1. The van der Waals surface area contributed by atoms with E-state index in [0.29, 0.717) is 0 Å². The lowest BCUT2D eigenvalue weighted by Gasteiger charge is -2.24. The number of aliphatic hydroxyl groups excluding tert-OH is 1.